The quantitative estimate of drug-likeness (QED) is 0.266. The summed E-state index contributed by atoms with van der Waals surface area (Å²) in [6, 6.07) is 35.0. The summed E-state index contributed by atoms with van der Waals surface area (Å²) in [5.41, 5.74) is 9.41. The Balaban J connectivity index is 1.45. The molecule has 1 N–H and O–H groups in total. The van der Waals surface area contributed by atoms with Crippen molar-refractivity contribution < 1.29 is 0 Å². The van der Waals surface area contributed by atoms with Gasteiger partial charge in [-0.2, -0.15) is 0 Å². The fourth-order valence-electron chi connectivity index (χ4n) is 5.68. The number of hydrogen-bond donors (Lipinski definition) is 1. The summed E-state index contributed by atoms with van der Waals surface area (Å²) < 4.78 is 0. The highest BCUT2D eigenvalue weighted by Crippen LogP contribution is 2.52. The Labute approximate surface area is 226 Å². The Morgan fingerprint density at radius 2 is 1.51 bits per heavy atom. The van der Waals surface area contributed by atoms with E-state index in [4.69, 9.17) is 9.97 Å². The Morgan fingerprint density at radius 1 is 0.718 bits per heavy atom. The van der Waals surface area contributed by atoms with E-state index in [0.29, 0.717) is 5.52 Å². The number of H-pyrrole nitrogens is 1. The lowest BCUT2D eigenvalue weighted by molar-refractivity contribution is 0.631. The normalized spacial score (nSPS) is 13.6. The average molecular weight is 507 g/mol. The van der Waals surface area contributed by atoms with Gasteiger partial charge in [0.25, 0.3) is 0 Å². The van der Waals surface area contributed by atoms with Crippen molar-refractivity contribution >= 4 is 28.2 Å². The number of anilines is 3. The van der Waals surface area contributed by atoms with Crippen LogP contribution in [0.5, 0.6) is 0 Å². The SMILES string of the molecule is CC1(C)c2ccccc2N(c2cc(-c3ccccc3)ccn2)c2cc(-c3ccc4[nH]ccc(=O)c4n3)ccc21. The minimum Gasteiger partial charge on any atom is -0.360 e. The highest BCUT2D eigenvalue weighted by molar-refractivity contribution is 5.88. The molecule has 0 aliphatic carbocycles. The summed E-state index contributed by atoms with van der Waals surface area (Å²) in [5, 5.41) is 0. The first-order valence-electron chi connectivity index (χ1n) is 13.1. The molecule has 4 heterocycles. The van der Waals surface area contributed by atoms with Crippen LogP contribution in [0, 0.1) is 0 Å². The summed E-state index contributed by atoms with van der Waals surface area (Å²) >= 11 is 0. The van der Waals surface area contributed by atoms with Crippen molar-refractivity contribution in [2.24, 2.45) is 0 Å². The van der Waals surface area contributed by atoms with E-state index in [1.807, 2.05) is 30.5 Å². The average Bonchev–Trinajstić information content (AvgIpc) is 2.98. The minimum atomic E-state index is -0.216. The molecule has 0 atom stereocenters. The summed E-state index contributed by atoms with van der Waals surface area (Å²) in [4.78, 5) is 27.5. The first-order chi connectivity index (χ1) is 19.0. The van der Waals surface area contributed by atoms with E-state index in [2.05, 4.69) is 96.5 Å². The fraction of sp³-hybridized carbons (Fsp3) is 0.0882. The van der Waals surface area contributed by atoms with Crippen LogP contribution >= 0.6 is 0 Å². The molecule has 5 nitrogen and oxygen atoms in total. The number of nitrogens with one attached hydrogen (secondary N) is 1. The summed E-state index contributed by atoms with van der Waals surface area (Å²) in [5.74, 6) is 0.848. The number of aromatic nitrogens is 3. The summed E-state index contributed by atoms with van der Waals surface area (Å²) in [7, 11) is 0. The fourth-order valence-corrected chi connectivity index (χ4v) is 5.68. The van der Waals surface area contributed by atoms with Crippen molar-refractivity contribution in [1.82, 2.24) is 15.0 Å². The van der Waals surface area contributed by atoms with Gasteiger partial charge in [-0.15, -0.1) is 0 Å². The van der Waals surface area contributed by atoms with Crippen molar-refractivity contribution in [3.05, 3.63) is 137 Å². The smallest absolute Gasteiger partial charge is 0.207 e. The van der Waals surface area contributed by atoms with E-state index in [9.17, 15) is 4.79 Å². The van der Waals surface area contributed by atoms with Gasteiger partial charge in [0.1, 0.15) is 11.3 Å². The van der Waals surface area contributed by atoms with Crippen LogP contribution in [0.2, 0.25) is 0 Å². The zero-order valence-corrected chi connectivity index (χ0v) is 21.7. The van der Waals surface area contributed by atoms with E-state index in [1.54, 1.807) is 6.20 Å². The zero-order chi connectivity index (χ0) is 26.6. The number of nitrogens with zero attached hydrogens (tertiary/aromatic N) is 3. The minimum absolute atomic E-state index is 0.0952. The van der Waals surface area contributed by atoms with Gasteiger partial charge in [-0.3, -0.25) is 9.69 Å². The van der Waals surface area contributed by atoms with Crippen LogP contribution < -0.4 is 10.3 Å². The van der Waals surface area contributed by atoms with Crippen LogP contribution in [0.3, 0.4) is 0 Å². The maximum absolute atomic E-state index is 12.5. The van der Waals surface area contributed by atoms with Crippen molar-refractivity contribution in [1.29, 1.82) is 0 Å². The Bertz CT molecular complexity index is 1920. The molecule has 0 bridgehead atoms. The van der Waals surface area contributed by atoms with Crippen LogP contribution in [0.15, 0.2) is 120 Å². The van der Waals surface area contributed by atoms with Gasteiger partial charge in [-0.05, 0) is 58.7 Å². The van der Waals surface area contributed by atoms with Crippen molar-refractivity contribution in [3.8, 4) is 22.4 Å². The van der Waals surface area contributed by atoms with E-state index < -0.39 is 0 Å². The van der Waals surface area contributed by atoms with Crippen molar-refractivity contribution in [2.75, 3.05) is 4.90 Å². The third kappa shape index (κ3) is 3.74. The van der Waals surface area contributed by atoms with Gasteiger partial charge in [-0.1, -0.05) is 74.5 Å². The molecule has 188 valence electrons. The molecular formula is C34H26N4O. The van der Waals surface area contributed by atoms with E-state index >= 15 is 0 Å². The van der Waals surface area contributed by atoms with Crippen LogP contribution in [-0.4, -0.2) is 15.0 Å². The number of fused-ring (bicyclic) bond motifs is 3. The van der Waals surface area contributed by atoms with Crippen LogP contribution in [0.1, 0.15) is 25.0 Å². The molecule has 1 aliphatic heterocycles. The lowest BCUT2D eigenvalue weighted by Gasteiger charge is -2.41. The van der Waals surface area contributed by atoms with E-state index in [-0.39, 0.29) is 10.8 Å². The number of para-hydroxylation sites is 1. The third-order valence-electron chi connectivity index (χ3n) is 7.71. The second-order valence-electron chi connectivity index (χ2n) is 10.4. The summed E-state index contributed by atoms with van der Waals surface area (Å²) in [6.07, 6.45) is 3.53. The first-order valence-corrected chi connectivity index (χ1v) is 13.1. The predicted molar refractivity (Wildman–Crippen MR) is 158 cm³/mol. The second kappa shape index (κ2) is 8.77. The monoisotopic (exact) mass is 506 g/mol. The number of hydrogen-bond acceptors (Lipinski definition) is 4. The topological polar surface area (TPSA) is 61.9 Å². The Kier molecular flexibility index (Phi) is 5.20. The van der Waals surface area contributed by atoms with E-state index in [0.717, 1.165) is 45.1 Å². The number of aromatic amines is 1. The predicted octanol–water partition coefficient (Wildman–Crippen LogP) is 7.76. The molecule has 3 aromatic heterocycles. The lowest BCUT2D eigenvalue weighted by atomic mass is 9.73. The third-order valence-corrected chi connectivity index (χ3v) is 7.71. The molecule has 1 aliphatic rings. The highest BCUT2D eigenvalue weighted by atomic mass is 16.1. The maximum atomic E-state index is 12.5. The van der Waals surface area contributed by atoms with Crippen LogP contribution in [0.4, 0.5) is 17.2 Å². The highest BCUT2D eigenvalue weighted by Gasteiger charge is 2.37. The van der Waals surface area contributed by atoms with E-state index in [1.165, 1.54) is 17.2 Å². The standard InChI is InChI=1S/C34H26N4O/c1-34(2)25-10-6-7-11-29(25)38(32-21-23(16-18-36-32)22-8-4-3-5-9-22)30-20-24(12-13-26(30)34)27-14-15-28-33(37-27)31(39)17-19-35-28/h3-21H,1-2H3,(H,35,39). The van der Waals surface area contributed by atoms with Gasteiger partial charge in [-0.25, -0.2) is 9.97 Å². The lowest BCUT2D eigenvalue weighted by Crippen LogP contribution is -2.31. The molecule has 0 fully saturated rings. The molecule has 0 unspecified atom stereocenters. The number of benzene rings is 3. The molecule has 6 aromatic rings. The maximum Gasteiger partial charge on any atom is 0.207 e. The molecular weight excluding hydrogens is 480 g/mol. The zero-order valence-electron chi connectivity index (χ0n) is 21.7. The van der Waals surface area contributed by atoms with Crippen molar-refractivity contribution in [3.63, 3.8) is 0 Å². The molecule has 7 rings (SSSR count). The Morgan fingerprint density at radius 3 is 2.38 bits per heavy atom. The molecule has 0 saturated heterocycles. The molecule has 0 radical (unpaired) electrons. The molecule has 0 amide bonds. The first kappa shape index (κ1) is 23.1. The van der Waals surface area contributed by atoms with Crippen LogP contribution in [-0.2, 0) is 5.41 Å². The van der Waals surface area contributed by atoms with Gasteiger partial charge >= 0.3 is 0 Å². The molecule has 0 saturated carbocycles. The van der Waals surface area contributed by atoms with Crippen molar-refractivity contribution in [2.45, 2.75) is 19.3 Å². The molecule has 39 heavy (non-hydrogen) atoms. The number of pyridine rings is 3. The summed E-state index contributed by atoms with van der Waals surface area (Å²) in [6.45, 7) is 4.53. The van der Waals surface area contributed by atoms with Gasteiger partial charge in [0.15, 0.2) is 0 Å². The molecule has 0 spiro atoms. The number of rotatable bonds is 3. The molecule has 3 aromatic carbocycles. The van der Waals surface area contributed by atoms with Crippen LogP contribution in [0.25, 0.3) is 33.4 Å². The molecule has 5 heteroatoms. The Hall–Kier alpha value is -5.03. The van der Waals surface area contributed by atoms with Gasteiger partial charge < -0.3 is 4.98 Å². The largest absolute Gasteiger partial charge is 0.360 e. The van der Waals surface area contributed by atoms with Gasteiger partial charge in [0.2, 0.25) is 5.43 Å². The van der Waals surface area contributed by atoms with Gasteiger partial charge in [0, 0.05) is 29.4 Å². The second-order valence-corrected chi connectivity index (χ2v) is 10.4. The van der Waals surface area contributed by atoms with Gasteiger partial charge in [0.05, 0.1) is 22.6 Å².